The Morgan fingerprint density at radius 1 is 1.45 bits per heavy atom. The number of amides is 1. The number of Topliss-reactive ketones (excluding diaryl/α,β-unsaturated/α-hetero) is 1. The molecule has 0 aliphatic carbocycles. The van der Waals surface area contributed by atoms with Crippen LogP contribution in [0.1, 0.15) is 10.4 Å². The summed E-state index contributed by atoms with van der Waals surface area (Å²) in [4.78, 5) is 27.3. The average Bonchev–Trinajstić information content (AvgIpc) is 2.44. The predicted molar refractivity (Wildman–Crippen MR) is 77.9 cm³/mol. The first kappa shape index (κ1) is 14.8. The minimum Gasteiger partial charge on any atom is -0.482 e. The zero-order chi connectivity index (χ0) is 14.7. The third kappa shape index (κ3) is 3.11. The summed E-state index contributed by atoms with van der Waals surface area (Å²) in [6.45, 7) is 1.32. The lowest BCUT2D eigenvalue weighted by molar-refractivity contribution is -0.121. The first-order valence-electron chi connectivity index (χ1n) is 6.34. The standard InChI is InChI=1S/C14H17ClN2O3/c1-16(2)5-6-17-11-7-10(12(18)8-15)3-4-13(11)20-9-14(17)19/h3-4,7H,5-6,8-9H2,1-2H3. The smallest absolute Gasteiger partial charge is 0.265 e. The van der Waals surface area contributed by atoms with E-state index in [-0.39, 0.29) is 24.2 Å². The van der Waals surface area contributed by atoms with Crippen LogP contribution >= 0.6 is 11.6 Å². The summed E-state index contributed by atoms with van der Waals surface area (Å²) in [7, 11) is 3.89. The Hall–Kier alpha value is -1.59. The second-order valence-electron chi connectivity index (χ2n) is 4.88. The third-order valence-corrected chi connectivity index (χ3v) is 3.36. The molecule has 0 saturated carbocycles. The summed E-state index contributed by atoms with van der Waals surface area (Å²) in [5.41, 5.74) is 1.13. The Balaban J connectivity index is 2.32. The minimum atomic E-state index is -0.167. The molecule has 0 bridgehead atoms. The molecule has 1 aliphatic heterocycles. The van der Waals surface area contributed by atoms with Crippen LogP contribution in [0.2, 0.25) is 0 Å². The van der Waals surface area contributed by atoms with Gasteiger partial charge >= 0.3 is 0 Å². The van der Waals surface area contributed by atoms with Crippen LogP contribution in [-0.2, 0) is 4.79 Å². The fourth-order valence-electron chi connectivity index (χ4n) is 2.00. The Labute approximate surface area is 123 Å². The zero-order valence-electron chi connectivity index (χ0n) is 11.6. The summed E-state index contributed by atoms with van der Waals surface area (Å²) in [5.74, 6) is 0.273. The van der Waals surface area contributed by atoms with Gasteiger partial charge in [-0.2, -0.15) is 0 Å². The van der Waals surface area contributed by atoms with Gasteiger partial charge in [0.25, 0.3) is 5.91 Å². The molecule has 1 aromatic rings. The fraction of sp³-hybridized carbons (Fsp3) is 0.429. The van der Waals surface area contributed by atoms with Crippen LogP contribution in [-0.4, -0.2) is 56.3 Å². The largest absolute Gasteiger partial charge is 0.482 e. The van der Waals surface area contributed by atoms with Gasteiger partial charge in [0.05, 0.1) is 11.6 Å². The second-order valence-corrected chi connectivity index (χ2v) is 5.14. The highest BCUT2D eigenvalue weighted by molar-refractivity contribution is 6.30. The number of carbonyl (C=O) groups is 2. The third-order valence-electron chi connectivity index (χ3n) is 3.12. The van der Waals surface area contributed by atoms with E-state index in [1.807, 2.05) is 19.0 Å². The maximum atomic E-state index is 12.0. The second kappa shape index (κ2) is 6.24. The maximum Gasteiger partial charge on any atom is 0.265 e. The van der Waals surface area contributed by atoms with Crippen molar-refractivity contribution in [1.29, 1.82) is 0 Å². The highest BCUT2D eigenvalue weighted by Gasteiger charge is 2.26. The molecule has 2 rings (SSSR count). The number of ether oxygens (including phenoxy) is 1. The molecule has 0 N–H and O–H groups in total. The van der Waals surface area contributed by atoms with Crippen LogP contribution in [0.3, 0.4) is 0 Å². The van der Waals surface area contributed by atoms with Crippen LogP contribution in [0.4, 0.5) is 5.69 Å². The molecule has 0 unspecified atom stereocenters. The quantitative estimate of drug-likeness (QED) is 0.609. The van der Waals surface area contributed by atoms with E-state index in [1.54, 1.807) is 23.1 Å². The number of nitrogens with zero attached hydrogens (tertiary/aromatic N) is 2. The van der Waals surface area contributed by atoms with Gasteiger partial charge in [0, 0.05) is 18.7 Å². The van der Waals surface area contributed by atoms with Crippen molar-refractivity contribution in [2.45, 2.75) is 0 Å². The van der Waals surface area contributed by atoms with Gasteiger partial charge in [-0.25, -0.2) is 0 Å². The van der Waals surface area contributed by atoms with Gasteiger partial charge in [-0.1, -0.05) is 0 Å². The molecular weight excluding hydrogens is 280 g/mol. The Morgan fingerprint density at radius 2 is 2.20 bits per heavy atom. The topological polar surface area (TPSA) is 49.9 Å². The number of alkyl halides is 1. The van der Waals surface area contributed by atoms with Crippen LogP contribution in [0, 0.1) is 0 Å². The van der Waals surface area contributed by atoms with E-state index in [4.69, 9.17) is 16.3 Å². The number of fused-ring (bicyclic) bond motifs is 1. The molecule has 1 aromatic carbocycles. The number of anilines is 1. The first-order valence-corrected chi connectivity index (χ1v) is 6.87. The number of ketones is 1. The first-order chi connectivity index (χ1) is 9.52. The SMILES string of the molecule is CN(C)CCN1C(=O)COc2ccc(C(=O)CCl)cc21. The van der Waals surface area contributed by atoms with Crippen molar-refractivity contribution in [3.8, 4) is 5.75 Å². The number of hydrogen-bond donors (Lipinski definition) is 0. The zero-order valence-corrected chi connectivity index (χ0v) is 12.3. The van der Waals surface area contributed by atoms with E-state index in [0.29, 0.717) is 23.5 Å². The van der Waals surface area contributed by atoms with Gasteiger partial charge in [0.15, 0.2) is 12.4 Å². The Morgan fingerprint density at radius 3 is 2.85 bits per heavy atom. The van der Waals surface area contributed by atoms with E-state index in [2.05, 4.69) is 0 Å². The number of benzene rings is 1. The molecule has 0 spiro atoms. The fourth-order valence-corrected chi connectivity index (χ4v) is 2.15. The van der Waals surface area contributed by atoms with Crippen molar-refractivity contribution in [2.75, 3.05) is 44.6 Å². The molecular formula is C14H17ClN2O3. The molecule has 0 aromatic heterocycles. The highest BCUT2D eigenvalue weighted by atomic mass is 35.5. The van der Waals surface area contributed by atoms with Crippen molar-refractivity contribution in [3.05, 3.63) is 23.8 Å². The van der Waals surface area contributed by atoms with Crippen molar-refractivity contribution < 1.29 is 14.3 Å². The molecule has 0 radical (unpaired) electrons. The van der Waals surface area contributed by atoms with Gasteiger partial charge in [-0.05, 0) is 32.3 Å². The summed E-state index contributed by atoms with van der Waals surface area (Å²) in [5, 5.41) is 0. The van der Waals surface area contributed by atoms with Crippen LogP contribution < -0.4 is 9.64 Å². The van der Waals surface area contributed by atoms with Crippen molar-refractivity contribution in [3.63, 3.8) is 0 Å². The minimum absolute atomic E-state index is 0.0310. The maximum absolute atomic E-state index is 12.0. The molecule has 0 saturated heterocycles. The lowest BCUT2D eigenvalue weighted by Gasteiger charge is -2.30. The van der Waals surface area contributed by atoms with Crippen LogP contribution in [0.25, 0.3) is 0 Å². The molecule has 1 amide bonds. The molecule has 1 aliphatic rings. The summed E-state index contributed by atoms with van der Waals surface area (Å²) in [6.07, 6.45) is 0. The van der Waals surface area contributed by atoms with E-state index in [1.165, 1.54) is 0 Å². The molecule has 0 atom stereocenters. The van der Waals surface area contributed by atoms with E-state index >= 15 is 0 Å². The number of rotatable bonds is 5. The predicted octanol–water partition coefficient (Wildman–Crippen LogP) is 1.40. The molecule has 108 valence electrons. The van der Waals surface area contributed by atoms with E-state index in [0.717, 1.165) is 6.54 Å². The van der Waals surface area contributed by atoms with Crippen LogP contribution in [0.15, 0.2) is 18.2 Å². The molecule has 5 nitrogen and oxygen atoms in total. The average molecular weight is 297 g/mol. The highest BCUT2D eigenvalue weighted by Crippen LogP contribution is 2.33. The van der Waals surface area contributed by atoms with Gasteiger partial charge in [-0.3, -0.25) is 9.59 Å². The number of hydrogen-bond acceptors (Lipinski definition) is 4. The van der Waals surface area contributed by atoms with Crippen molar-refractivity contribution in [1.82, 2.24) is 4.90 Å². The van der Waals surface area contributed by atoms with Crippen LogP contribution in [0.5, 0.6) is 5.75 Å². The van der Waals surface area contributed by atoms with Crippen molar-refractivity contribution in [2.24, 2.45) is 0 Å². The molecule has 20 heavy (non-hydrogen) atoms. The molecule has 1 heterocycles. The lowest BCUT2D eigenvalue weighted by atomic mass is 10.1. The Kier molecular flexibility index (Phi) is 4.62. The lowest BCUT2D eigenvalue weighted by Crippen LogP contribution is -2.42. The van der Waals surface area contributed by atoms with Gasteiger partial charge in [-0.15, -0.1) is 11.6 Å². The normalized spacial score (nSPS) is 14.2. The van der Waals surface area contributed by atoms with E-state index < -0.39 is 0 Å². The van der Waals surface area contributed by atoms with Gasteiger partial charge in [0.2, 0.25) is 0 Å². The van der Waals surface area contributed by atoms with E-state index in [9.17, 15) is 9.59 Å². The summed E-state index contributed by atoms with van der Waals surface area (Å²) >= 11 is 5.57. The number of halogens is 1. The monoisotopic (exact) mass is 296 g/mol. The number of carbonyl (C=O) groups excluding carboxylic acids is 2. The van der Waals surface area contributed by atoms with Crippen molar-refractivity contribution >= 4 is 29.0 Å². The molecule has 6 heteroatoms. The Bertz CT molecular complexity index is 531. The van der Waals surface area contributed by atoms with Gasteiger partial charge in [0.1, 0.15) is 5.75 Å². The molecule has 0 fully saturated rings. The number of likely N-dealkylation sites (N-methyl/N-ethyl adjacent to an activating group) is 1. The van der Waals surface area contributed by atoms with Gasteiger partial charge < -0.3 is 14.5 Å². The summed E-state index contributed by atoms with van der Waals surface area (Å²) < 4.78 is 5.39. The summed E-state index contributed by atoms with van der Waals surface area (Å²) in [6, 6.07) is 5.06.